The van der Waals surface area contributed by atoms with E-state index < -0.39 is 13.1 Å². The van der Waals surface area contributed by atoms with E-state index in [9.17, 15) is 14.2 Å². The van der Waals surface area contributed by atoms with Gasteiger partial charge in [0.25, 0.3) is 0 Å². The molecule has 0 N–H and O–H groups in total. The van der Waals surface area contributed by atoms with Gasteiger partial charge in [0, 0.05) is 0 Å². The lowest BCUT2D eigenvalue weighted by atomic mass is 10.9. The Morgan fingerprint density at radius 1 is 1.33 bits per heavy atom. The summed E-state index contributed by atoms with van der Waals surface area (Å²) in [7, 11) is -3.82. The summed E-state index contributed by atoms with van der Waals surface area (Å²) in [4.78, 5) is 20.8. The molecule has 0 aromatic carbocycles. The Balaban J connectivity index is 4.49. The normalized spacial score (nSPS) is 11.2. The molecule has 0 heterocycles. The third kappa shape index (κ3) is 2.85. The van der Waals surface area contributed by atoms with Gasteiger partial charge in [-0.05, 0) is 13.8 Å². The van der Waals surface area contributed by atoms with Crippen LogP contribution in [-0.2, 0) is 23.2 Å². The van der Waals surface area contributed by atoms with Crippen molar-refractivity contribution in [1.82, 2.24) is 0 Å². The maximum absolute atomic E-state index is 11.3. The molecule has 0 atom stereocenters. The lowest BCUT2D eigenvalue weighted by molar-refractivity contribution is -0.126. The van der Waals surface area contributed by atoms with E-state index in [1.807, 2.05) is 0 Å². The average molecular weight is 194 g/mol. The summed E-state index contributed by atoms with van der Waals surface area (Å²) in [6.07, 6.45) is -0.0495. The van der Waals surface area contributed by atoms with Crippen LogP contribution in [0.15, 0.2) is 0 Å². The molecule has 0 aromatic rings. The first kappa shape index (κ1) is 11.5. The number of rotatable bonds is 6. The lowest BCUT2D eigenvalue weighted by Crippen LogP contribution is -2.07. The van der Waals surface area contributed by atoms with Crippen molar-refractivity contribution in [3.63, 3.8) is 0 Å². The maximum Gasteiger partial charge on any atom is 0.404 e. The molecule has 0 rings (SSSR count). The number of hydrogen-bond acceptors (Lipinski definition) is 5. The second-order valence-corrected chi connectivity index (χ2v) is 3.74. The van der Waals surface area contributed by atoms with Gasteiger partial charge in [-0.15, -0.1) is 0 Å². The van der Waals surface area contributed by atoms with E-state index in [0.29, 0.717) is 0 Å². The molecule has 0 bridgehead atoms. The molecule has 0 aliphatic rings. The Kier molecular flexibility index (Phi) is 4.97. The molecule has 0 fully saturated rings. The minimum absolute atomic E-state index is 0.0495. The SMILES string of the molecule is CCOP(=O)(OCC)C(=O)C=O. The van der Waals surface area contributed by atoms with Crippen LogP contribution in [0.4, 0.5) is 0 Å². The lowest BCUT2D eigenvalue weighted by Gasteiger charge is -2.11. The average Bonchev–Trinajstić information content (AvgIpc) is 2.04. The quantitative estimate of drug-likeness (QED) is 0.358. The van der Waals surface area contributed by atoms with Gasteiger partial charge < -0.3 is 9.05 Å². The molecule has 0 spiro atoms. The van der Waals surface area contributed by atoms with Crippen LogP contribution >= 0.6 is 7.60 Å². The molecule has 0 aliphatic heterocycles. The molecular formula is C6H11O5P. The van der Waals surface area contributed by atoms with Crippen molar-refractivity contribution < 1.29 is 23.2 Å². The smallest absolute Gasteiger partial charge is 0.303 e. The third-order valence-electron chi connectivity index (χ3n) is 0.969. The predicted octanol–water partition coefficient (Wildman–Crippen LogP) is 0.978. The van der Waals surface area contributed by atoms with Gasteiger partial charge in [-0.2, -0.15) is 0 Å². The zero-order chi connectivity index (χ0) is 9.61. The molecule has 0 aliphatic carbocycles. The Morgan fingerprint density at radius 3 is 2.00 bits per heavy atom. The van der Waals surface area contributed by atoms with E-state index in [-0.39, 0.29) is 19.5 Å². The minimum atomic E-state index is -3.82. The van der Waals surface area contributed by atoms with E-state index in [1.165, 1.54) is 0 Å². The second kappa shape index (κ2) is 5.19. The fourth-order valence-electron chi connectivity index (χ4n) is 0.569. The van der Waals surface area contributed by atoms with Crippen LogP contribution < -0.4 is 0 Å². The van der Waals surface area contributed by atoms with Crippen molar-refractivity contribution >= 4 is 19.4 Å². The standard InChI is InChI=1S/C6H11O5P/c1-3-10-12(9,11-4-2)6(8)5-7/h5H,3-4H2,1-2H3. The molecule has 12 heavy (non-hydrogen) atoms. The summed E-state index contributed by atoms with van der Waals surface area (Å²) in [5.74, 6) is 0. The molecule has 0 saturated carbocycles. The highest BCUT2D eigenvalue weighted by Crippen LogP contribution is 2.47. The largest absolute Gasteiger partial charge is 0.404 e. The predicted molar refractivity (Wildman–Crippen MR) is 41.9 cm³/mol. The fraction of sp³-hybridized carbons (Fsp3) is 0.667. The summed E-state index contributed by atoms with van der Waals surface area (Å²) in [6.45, 7) is 3.25. The van der Waals surface area contributed by atoms with Crippen LogP contribution in [-0.4, -0.2) is 25.0 Å². The first-order valence-corrected chi connectivity index (χ1v) is 5.03. The molecular weight excluding hydrogens is 183 g/mol. The van der Waals surface area contributed by atoms with Gasteiger partial charge in [0.15, 0.2) is 6.29 Å². The minimum Gasteiger partial charge on any atom is -0.303 e. The molecule has 0 unspecified atom stereocenters. The van der Waals surface area contributed by atoms with Crippen molar-refractivity contribution in [2.75, 3.05) is 13.2 Å². The van der Waals surface area contributed by atoms with Gasteiger partial charge in [-0.1, -0.05) is 0 Å². The van der Waals surface area contributed by atoms with Gasteiger partial charge in [-0.25, -0.2) is 0 Å². The van der Waals surface area contributed by atoms with Gasteiger partial charge in [0.2, 0.25) is 0 Å². The summed E-state index contributed by atoms with van der Waals surface area (Å²) in [6, 6.07) is 0. The molecule has 6 heteroatoms. The van der Waals surface area contributed by atoms with E-state index >= 15 is 0 Å². The number of aldehydes is 1. The summed E-state index contributed by atoms with van der Waals surface area (Å²) < 4.78 is 20.5. The summed E-state index contributed by atoms with van der Waals surface area (Å²) in [5, 5.41) is 0. The molecule has 70 valence electrons. The van der Waals surface area contributed by atoms with Crippen molar-refractivity contribution in [3.05, 3.63) is 0 Å². The molecule has 0 amide bonds. The van der Waals surface area contributed by atoms with E-state index in [4.69, 9.17) is 0 Å². The maximum atomic E-state index is 11.3. The van der Waals surface area contributed by atoms with Crippen LogP contribution in [0.25, 0.3) is 0 Å². The van der Waals surface area contributed by atoms with Crippen molar-refractivity contribution in [2.45, 2.75) is 13.8 Å². The van der Waals surface area contributed by atoms with Crippen molar-refractivity contribution in [2.24, 2.45) is 0 Å². The van der Waals surface area contributed by atoms with Gasteiger partial charge in [-0.3, -0.25) is 14.2 Å². The summed E-state index contributed by atoms with van der Waals surface area (Å²) >= 11 is 0. The highest BCUT2D eigenvalue weighted by molar-refractivity contribution is 7.74. The molecule has 0 saturated heterocycles. The topological polar surface area (TPSA) is 69.7 Å². The number of carbonyl (C=O) groups is 2. The van der Waals surface area contributed by atoms with E-state index in [0.717, 1.165) is 0 Å². The number of hydrogen-bond donors (Lipinski definition) is 0. The monoisotopic (exact) mass is 194 g/mol. The van der Waals surface area contributed by atoms with Crippen LogP contribution in [0.5, 0.6) is 0 Å². The zero-order valence-electron chi connectivity index (χ0n) is 6.98. The Hall–Kier alpha value is -0.510. The Morgan fingerprint density at radius 2 is 1.75 bits per heavy atom. The second-order valence-electron chi connectivity index (χ2n) is 1.79. The Bertz CT molecular complexity index is 202. The van der Waals surface area contributed by atoms with Gasteiger partial charge in [0.1, 0.15) is 0 Å². The van der Waals surface area contributed by atoms with Crippen LogP contribution in [0.3, 0.4) is 0 Å². The van der Waals surface area contributed by atoms with Crippen molar-refractivity contribution in [3.8, 4) is 0 Å². The van der Waals surface area contributed by atoms with Gasteiger partial charge in [0.05, 0.1) is 13.2 Å². The summed E-state index contributed by atoms with van der Waals surface area (Å²) in [5.41, 5.74) is -1.13. The first-order valence-electron chi connectivity index (χ1n) is 3.49. The Labute approximate surface area is 70.6 Å². The van der Waals surface area contributed by atoms with E-state index in [2.05, 4.69) is 9.05 Å². The molecule has 0 radical (unpaired) electrons. The number of carbonyl (C=O) groups excluding carboxylic acids is 2. The molecule has 5 nitrogen and oxygen atoms in total. The van der Waals surface area contributed by atoms with Crippen LogP contribution in [0, 0.1) is 0 Å². The molecule has 0 aromatic heterocycles. The highest BCUT2D eigenvalue weighted by Gasteiger charge is 2.33. The van der Waals surface area contributed by atoms with Crippen LogP contribution in [0.1, 0.15) is 13.8 Å². The van der Waals surface area contributed by atoms with Crippen LogP contribution in [0.2, 0.25) is 0 Å². The zero-order valence-corrected chi connectivity index (χ0v) is 7.87. The van der Waals surface area contributed by atoms with Gasteiger partial charge >= 0.3 is 13.1 Å². The third-order valence-corrected chi connectivity index (χ3v) is 2.81. The fourth-order valence-corrected chi connectivity index (χ4v) is 1.71. The highest BCUT2D eigenvalue weighted by atomic mass is 31.2. The van der Waals surface area contributed by atoms with E-state index in [1.54, 1.807) is 13.8 Å². The first-order chi connectivity index (χ1) is 5.60. The van der Waals surface area contributed by atoms with Crippen molar-refractivity contribution in [1.29, 1.82) is 0 Å².